The molecule has 138 valence electrons. The lowest BCUT2D eigenvalue weighted by Crippen LogP contribution is -2.28. The topological polar surface area (TPSA) is 66.8 Å². The van der Waals surface area contributed by atoms with E-state index < -0.39 is 12.6 Å². The Balaban J connectivity index is 1.90. The quantitative estimate of drug-likeness (QED) is 0.783. The number of rotatable bonds is 8. The van der Waals surface area contributed by atoms with Crippen LogP contribution in [0.25, 0.3) is 0 Å². The summed E-state index contributed by atoms with van der Waals surface area (Å²) in [7, 11) is 1.68. The molecular weight excluding hydrogens is 337 g/mol. The lowest BCUT2D eigenvalue weighted by molar-refractivity contribution is -0.139. The summed E-state index contributed by atoms with van der Waals surface area (Å²) >= 11 is 0. The summed E-state index contributed by atoms with van der Waals surface area (Å²) in [5.41, 5.74) is 1.56. The van der Waals surface area contributed by atoms with E-state index in [4.69, 9.17) is 9.84 Å². The van der Waals surface area contributed by atoms with E-state index in [1.54, 1.807) is 42.3 Å². The zero-order chi connectivity index (χ0) is 19.1. The van der Waals surface area contributed by atoms with Gasteiger partial charge in [0.1, 0.15) is 11.6 Å². The number of hydrogen-bond donors (Lipinski definition) is 1. The van der Waals surface area contributed by atoms with Crippen LogP contribution >= 0.6 is 0 Å². The Hall–Kier alpha value is -2.89. The maximum Gasteiger partial charge on any atom is 0.341 e. The second-order valence-corrected chi connectivity index (χ2v) is 6.27. The van der Waals surface area contributed by atoms with Crippen LogP contribution < -0.4 is 9.64 Å². The Kier molecular flexibility index (Phi) is 6.72. The summed E-state index contributed by atoms with van der Waals surface area (Å²) < 4.78 is 18.3. The van der Waals surface area contributed by atoms with Crippen molar-refractivity contribution < 1.29 is 23.8 Å². The summed E-state index contributed by atoms with van der Waals surface area (Å²) in [4.78, 5) is 24.5. The Morgan fingerprint density at radius 2 is 1.88 bits per heavy atom. The number of anilines is 1. The second-order valence-electron chi connectivity index (χ2n) is 6.27. The molecule has 0 bridgehead atoms. The van der Waals surface area contributed by atoms with Gasteiger partial charge in [-0.3, -0.25) is 4.79 Å². The largest absolute Gasteiger partial charge is 0.482 e. The van der Waals surface area contributed by atoms with Crippen LogP contribution in [0.4, 0.5) is 10.1 Å². The highest BCUT2D eigenvalue weighted by atomic mass is 19.1. The zero-order valence-corrected chi connectivity index (χ0v) is 14.8. The number of halogens is 1. The highest BCUT2D eigenvalue weighted by molar-refractivity contribution is 5.92. The molecular formula is C20H22FNO4. The van der Waals surface area contributed by atoms with Crippen molar-refractivity contribution in [1.82, 2.24) is 0 Å². The van der Waals surface area contributed by atoms with Crippen LogP contribution in [-0.4, -0.2) is 30.6 Å². The molecule has 0 aliphatic rings. The molecule has 1 atom stereocenters. The van der Waals surface area contributed by atoms with Crippen molar-refractivity contribution in [1.29, 1.82) is 0 Å². The van der Waals surface area contributed by atoms with Crippen molar-refractivity contribution in [3.8, 4) is 5.75 Å². The summed E-state index contributed by atoms with van der Waals surface area (Å²) in [6, 6.07) is 13.1. The fourth-order valence-corrected chi connectivity index (χ4v) is 2.63. The van der Waals surface area contributed by atoms with Crippen molar-refractivity contribution in [3.05, 3.63) is 59.9 Å². The molecule has 0 radical (unpaired) electrons. The molecule has 1 amide bonds. The van der Waals surface area contributed by atoms with Crippen molar-refractivity contribution in [2.24, 2.45) is 5.92 Å². The third kappa shape index (κ3) is 5.88. The highest BCUT2D eigenvalue weighted by Crippen LogP contribution is 2.21. The van der Waals surface area contributed by atoms with E-state index in [-0.39, 0.29) is 17.6 Å². The fourth-order valence-electron chi connectivity index (χ4n) is 2.63. The van der Waals surface area contributed by atoms with Crippen molar-refractivity contribution in [2.45, 2.75) is 19.8 Å². The van der Waals surface area contributed by atoms with Crippen LogP contribution in [0, 0.1) is 11.7 Å². The Bertz CT molecular complexity index is 761. The number of carbonyl (C=O) groups is 2. The molecule has 0 spiro atoms. The molecule has 2 rings (SSSR count). The van der Waals surface area contributed by atoms with Crippen LogP contribution in [-0.2, 0) is 16.0 Å². The minimum Gasteiger partial charge on any atom is -0.482 e. The molecule has 26 heavy (non-hydrogen) atoms. The van der Waals surface area contributed by atoms with Gasteiger partial charge in [0.2, 0.25) is 5.91 Å². The summed E-state index contributed by atoms with van der Waals surface area (Å²) in [5.74, 6) is -0.869. The molecule has 2 aromatic rings. The van der Waals surface area contributed by atoms with Gasteiger partial charge in [-0.05, 0) is 54.3 Å². The predicted octanol–water partition coefficient (Wildman–Crippen LogP) is 3.52. The van der Waals surface area contributed by atoms with Crippen molar-refractivity contribution in [3.63, 3.8) is 0 Å². The normalized spacial score (nSPS) is 11.7. The molecule has 0 aromatic heterocycles. The lowest BCUT2D eigenvalue weighted by Gasteiger charge is -2.20. The van der Waals surface area contributed by atoms with Crippen molar-refractivity contribution >= 4 is 17.6 Å². The third-order valence-corrected chi connectivity index (χ3v) is 3.96. The molecule has 0 aliphatic carbocycles. The van der Waals surface area contributed by atoms with E-state index in [2.05, 4.69) is 0 Å². The van der Waals surface area contributed by atoms with Gasteiger partial charge in [0.25, 0.3) is 0 Å². The summed E-state index contributed by atoms with van der Waals surface area (Å²) in [6.07, 6.45) is 0.962. The third-order valence-electron chi connectivity index (χ3n) is 3.96. The molecule has 0 saturated carbocycles. The van der Waals surface area contributed by atoms with Gasteiger partial charge >= 0.3 is 5.97 Å². The van der Waals surface area contributed by atoms with Crippen LogP contribution in [0.2, 0.25) is 0 Å². The molecule has 0 heterocycles. The first-order valence-corrected chi connectivity index (χ1v) is 8.31. The van der Waals surface area contributed by atoms with E-state index in [0.717, 1.165) is 5.56 Å². The highest BCUT2D eigenvalue weighted by Gasteiger charge is 2.15. The molecule has 6 heteroatoms. The van der Waals surface area contributed by atoms with Crippen LogP contribution in [0.3, 0.4) is 0 Å². The van der Waals surface area contributed by atoms with Gasteiger partial charge in [-0.2, -0.15) is 0 Å². The Morgan fingerprint density at radius 1 is 1.19 bits per heavy atom. The number of carboxylic acids is 1. The van der Waals surface area contributed by atoms with E-state index in [9.17, 15) is 14.0 Å². The fraction of sp³-hybridized carbons (Fsp3) is 0.300. The van der Waals surface area contributed by atoms with Crippen LogP contribution in [0.15, 0.2) is 48.5 Å². The first kappa shape index (κ1) is 19.4. The molecule has 0 aliphatic heterocycles. The average Bonchev–Trinajstić information content (AvgIpc) is 2.59. The average molecular weight is 359 g/mol. The van der Waals surface area contributed by atoms with Gasteiger partial charge in [-0.25, -0.2) is 9.18 Å². The molecule has 1 N–H and O–H groups in total. The molecule has 2 aromatic carbocycles. The minimum absolute atomic E-state index is 0.0480. The zero-order valence-electron chi connectivity index (χ0n) is 14.8. The van der Waals surface area contributed by atoms with Gasteiger partial charge in [0.15, 0.2) is 6.61 Å². The van der Waals surface area contributed by atoms with Crippen LogP contribution in [0.1, 0.15) is 18.9 Å². The minimum atomic E-state index is -1.05. The van der Waals surface area contributed by atoms with Crippen LogP contribution in [0.5, 0.6) is 5.75 Å². The molecule has 0 fully saturated rings. The molecule has 1 unspecified atom stereocenters. The first-order valence-electron chi connectivity index (χ1n) is 8.31. The lowest BCUT2D eigenvalue weighted by atomic mass is 9.97. The van der Waals surface area contributed by atoms with Gasteiger partial charge < -0.3 is 14.7 Å². The Morgan fingerprint density at radius 3 is 2.50 bits per heavy atom. The standard InChI is InChI=1S/C20H22FNO4/c1-14(10-15-4-3-5-16(21)12-15)11-19(23)22(2)17-6-8-18(9-7-17)26-13-20(24)25/h3-9,12,14H,10-11,13H2,1-2H3,(H,24,25). The van der Waals surface area contributed by atoms with E-state index in [0.29, 0.717) is 24.3 Å². The summed E-state index contributed by atoms with van der Waals surface area (Å²) in [6.45, 7) is 1.55. The van der Waals surface area contributed by atoms with Gasteiger partial charge in [0, 0.05) is 19.2 Å². The number of carboxylic acid groups (broad SMARTS) is 1. The Labute approximate surface area is 152 Å². The second kappa shape index (κ2) is 8.99. The first-order chi connectivity index (χ1) is 12.3. The SMILES string of the molecule is CC(CC(=O)N(C)c1ccc(OCC(=O)O)cc1)Cc1cccc(F)c1. The smallest absolute Gasteiger partial charge is 0.341 e. The molecule has 5 nitrogen and oxygen atoms in total. The van der Waals surface area contributed by atoms with E-state index in [1.165, 1.54) is 12.1 Å². The van der Waals surface area contributed by atoms with Gasteiger partial charge in [-0.1, -0.05) is 19.1 Å². The number of benzene rings is 2. The maximum atomic E-state index is 13.2. The number of nitrogens with zero attached hydrogens (tertiary/aromatic N) is 1. The molecule has 0 saturated heterocycles. The predicted molar refractivity (Wildman–Crippen MR) is 96.9 cm³/mol. The number of ether oxygens (including phenoxy) is 1. The van der Waals surface area contributed by atoms with E-state index >= 15 is 0 Å². The number of carbonyl (C=O) groups excluding carboxylic acids is 1. The maximum absolute atomic E-state index is 13.2. The summed E-state index contributed by atoms with van der Waals surface area (Å²) in [5, 5.41) is 8.60. The van der Waals surface area contributed by atoms with Crippen molar-refractivity contribution in [2.75, 3.05) is 18.6 Å². The van der Waals surface area contributed by atoms with Gasteiger partial charge in [-0.15, -0.1) is 0 Å². The van der Waals surface area contributed by atoms with Gasteiger partial charge in [0.05, 0.1) is 0 Å². The monoisotopic (exact) mass is 359 g/mol. The van der Waals surface area contributed by atoms with E-state index in [1.807, 2.05) is 13.0 Å². The number of aliphatic carboxylic acids is 1. The number of hydrogen-bond acceptors (Lipinski definition) is 3. The number of amides is 1.